The summed E-state index contributed by atoms with van der Waals surface area (Å²) in [5, 5.41) is 22.3. The van der Waals surface area contributed by atoms with Gasteiger partial charge in [0.05, 0.1) is 0 Å². The summed E-state index contributed by atoms with van der Waals surface area (Å²) in [6.45, 7) is 3.74. The molecule has 0 aliphatic heterocycles. The summed E-state index contributed by atoms with van der Waals surface area (Å²) in [4.78, 5) is 2.48. The molecule has 0 fully saturated rings. The van der Waals surface area contributed by atoms with Crippen molar-refractivity contribution in [1.29, 1.82) is 0 Å². The van der Waals surface area contributed by atoms with Gasteiger partial charge in [0, 0.05) is 11.6 Å². The topological polar surface area (TPSA) is 68.3 Å². The normalized spacial score (nSPS) is 12.4. The fraction of sp³-hybridized carbons (Fsp3) is 0.231. The van der Waals surface area contributed by atoms with Gasteiger partial charge in [0.1, 0.15) is 5.69 Å². The second-order valence-corrected chi connectivity index (χ2v) is 4.10. The third kappa shape index (κ3) is 2.20. The number of benzene rings is 1. The molecule has 0 aliphatic rings. The molecule has 2 aromatic rings. The quantitative estimate of drug-likeness (QED) is 0.657. The van der Waals surface area contributed by atoms with E-state index in [9.17, 15) is 10.2 Å². The van der Waals surface area contributed by atoms with E-state index in [-0.39, 0.29) is 17.8 Å². The molecule has 0 saturated carbocycles. The van der Waals surface area contributed by atoms with E-state index in [0.717, 1.165) is 5.56 Å². The van der Waals surface area contributed by atoms with Crippen LogP contribution in [0.3, 0.4) is 0 Å². The highest BCUT2D eigenvalue weighted by Crippen LogP contribution is 2.35. The molecule has 17 heavy (non-hydrogen) atoms. The Balaban J connectivity index is 2.22. The number of hydrogen-bond donors (Lipinski definition) is 4. The lowest BCUT2D eigenvalue weighted by atomic mass is 10.1. The molecule has 1 aromatic carbocycles. The summed E-state index contributed by atoms with van der Waals surface area (Å²) < 4.78 is 0. The van der Waals surface area contributed by atoms with Crippen LogP contribution in [0.25, 0.3) is 0 Å². The number of H-pyrrole nitrogens is 1. The first kappa shape index (κ1) is 11.4. The molecule has 0 spiro atoms. The second kappa shape index (κ2) is 4.41. The minimum Gasteiger partial charge on any atom is -0.494 e. The highest BCUT2D eigenvalue weighted by molar-refractivity contribution is 5.64. The monoisotopic (exact) mass is 232 g/mol. The first-order valence-corrected chi connectivity index (χ1v) is 5.51. The zero-order valence-corrected chi connectivity index (χ0v) is 9.86. The maximum Gasteiger partial charge on any atom is 0.215 e. The van der Waals surface area contributed by atoms with Gasteiger partial charge in [-0.2, -0.15) is 0 Å². The van der Waals surface area contributed by atoms with Crippen LogP contribution in [-0.2, 0) is 0 Å². The molecule has 0 radical (unpaired) electrons. The Morgan fingerprint density at radius 1 is 1.12 bits per heavy atom. The van der Waals surface area contributed by atoms with Crippen LogP contribution >= 0.6 is 0 Å². The minimum absolute atomic E-state index is 0.00902. The van der Waals surface area contributed by atoms with Crippen LogP contribution in [0.15, 0.2) is 30.3 Å². The predicted molar refractivity (Wildman–Crippen MR) is 67.3 cm³/mol. The van der Waals surface area contributed by atoms with Crippen LogP contribution in [0.2, 0.25) is 0 Å². The van der Waals surface area contributed by atoms with Gasteiger partial charge >= 0.3 is 0 Å². The van der Waals surface area contributed by atoms with Crippen molar-refractivity contribution in [2.75, 3.05) is 5.32 Å². The Bertz CT molecular complexity index is 506. The molecule has 1 atom stereocenters. The van der Waals surface area contributed by atoms with Crippen LogP contribution in [0, 0.1) is 6.92 Å². The van der Waals surface area contributed by atoms with Crippen molar-refractivity contribution in [2.45, 2.75) is 19.9 Å². The largest absolute Gasteiger partial charge is 0.494 e. The molecule has 0 amide bonds. The molecule has 4 N–H and O–H groups in total. The maximum atomic E-state index is 9.63. The smallest absolute Gasteiger partial charge is 0.215 e. The molecule has 1 aromatic heterocycles. The van der Waals surface area contributed by atoms with Gasteiger partial charge in [0.25, 0.3) is 0 Å². The Kier molecular flexibility index (Phi) is 2.95. The lowest BCUT2D eigenvalue weighted by Crippen LogP contribution is -2.06. The molecular weight excluding hydrogens is 216 g/mol. The van der Waals surface area contributed by atoms with Crippen LogP contribution in [0.4, 0.5) is 5.69 Å². The average molecular weight is 232 g/mol. The molecule has 1 unspecified atom stereocenters. The summed E-state index contributed by atoms with van der Waals surface area (Å²) in [6, 6.07) is 9.97. The number of rotatable bonds is 3. The van der Waals surface area contributed by atoms with Gasteiger partial charge in [-0.15, -0.1) is 0 Å². The molecule has 2 rings (SSSR count). The fourth-order valence-electron chi connectivity index (χ4n) is 1.78. The molecule has 0 aliphatic carbocycles. The lowest BCUT2D eigenvalue weighted by Gasteiger charge is -2.15. The Labute approximate surface area is 99.9 Å². The van der Waals surface area contributed by atoms with Crippen molar-refractivity contribution < 1.29 is 10.2 Å². The second-order valence-electron chi connectivity index (χ2n) is 4.10. The molecule has 1 heterocycles. The summed E-state index contributed by atoms with van der Waals surface area (Å²) in [5.74, 6) is -0.0481. The summed E-state index contributed by atoms with van der Waals surface area (Å²) >= 11 is 0. The lowest BCUT2D eigenvalue weighted by molar-refractivity contribution is 0.424. The van der Waals surface area contributed by atoms with Gasteiger partial charge in [-0.05, 0) is 19.4 Å². The van der Waals surface area contributed by atoms with Crippen molar-refractivity contribution in [1.82, 2.24) is 4.98 Å². The van der Waals surface area contributed by atoms with E-state index in [4.69, 9.17) is 0 Å². The van der Waals surface area contributed by atoms with Crippen molar-refractivity contribution >= 4 is 5.69 Å². The zero-order valence-electron chi connectivity index (χ0n) is 9.86. The van der Waals surface area contributed by atoms with E-state index in [2.05, 4.69) is 10.3 Å². The summed E-state index contributed by atoms with van der Waals surface area (Å²) in [5.41, 5.74) is 2.27. The Morgan fingerprint density at radius 2 is 1.76 bits per heavy atom. The van der Waals surface area contributed by atoms with E-state index < -0.39 is 0 Å². The number of aromatic nitrogens is 1. The SMILES string of the molecule is Cc1c(O)[nH]c(O)c1NC(C)c1ccccc1. The number of aromatic hydroxyl groups is 2. The molecule has 0 saturated heterocycles. The highest BCUT2D eigenvalue weighted by Gasteiger charge is 2.15. The number of aromatic amines is 1. The first-order valence-electron chi connectivity index (χ1n) is 5.51. The summed E-state index contributed by atoms with van der Waals surface area (Å²) in [7, 11) is 0. The molecule has 90 valence electrons. The zero-order chi connectivity index (χ0) is 12.4. The first-order chi connectivity index (χ1) is 8.09. The molecule has 4 heteroatoms. The van der Waals surface area contributed by atoms with Crippen LogP contribution in [0.1, 0.15) is 24.1 Å². The molecular formula is C13H16N2O2. The molecule has 4 nitrogen and oxygen atoms in total. The predicted octanol–water partition coefficient (Wildman–Crippen LogP) is 2.91. The number of hydrogen-bond acceptors (Lipinski definition) is 3. The van der Waals surface area contributed by atoms with E-state index in [1.54, 1.807) is 6.92 Å². The van der Waals surface area contributed by atoms with Gasteiger partial charge < -0.3 is 15.5 Å². The van der Waals surface area contributed by atoms with Gasteiger partial charge in [-0.3, -0.25) is 4.98 Å². The Hall–Kier alpha value is -2.10. The van der Waals surface area contributed by atoms with Crippen LogP contribution in [-0.4, -0.2) is 15.2 Å². The third-order valence-electron chi connectivity index (χ3n) is 2.86. The molecule has 0 bridgehead atoms. The van der Waals surface area contributed by atoms with Gasteiger partial charge in [-0.1, -0.05) is 30.3 Å². The van der Waals surface area contributed by atoms with E-state index in [0.29, 0.717) is 11.3 Å². The Morgan fingerprint density at radius 3 is 2.29 bits per heavy atom. The van der Waals surface area contributed by atoms with E-state index in [1.165, 1.54) is 0 Å². The maximum absolute atomic E-state index is 9.63. The van der Waals surface area contributed by atoms with Crippen LogP contribution < -0.4 is 5.32 Å². The fourth-order valence-corrected chi connectivity index (χ4v) is 1.78. The van der Waals surface area contributed by atoms with Crippen molar-refractivity contribution in [3.63, 3.8) is 0 Å². The van der Waals surface area contributed by atoms with Crippen LogP contribution in [0.5, 0.6) is 11.8 Å². The number of anilines is 1. The van der Waals surface area contributed by atoms with Crippen molar-refractivity contribution in [3.8, 4) is 11.8 Å². The standard InChI is InChI=1S/C13H16N2O2/c1-8-11(13(17)15-12(8)16)14-9(2)10-6-4-3-5-7-10/h3-7,9,14-17H,1-2H3. The van der Waals surface area contributed by atoms with Crippen molar-refractivity contribution in [3.05, 3.63) is 41.5 Å². The number of nitrogens with one attached hydrogen (secondary N) is 2. The van der Waals surface area contributed by atoms with Gasteiger partial charge in [0.15, 0.2) is 5.88 Å². The van der Waals surface area contributed by atoms with Gasteiger partial charge in [0.2, 0.25) is 5.88 Å². The summed E-state index contributed by atoms with van der Waals surface area (Å²) in [6.07, 6.45) is 0. The third-order valence-corrected chi connectivity index (χ3v) is 2.86. The minimum atomic E-state index is -0.0391. The highest BCUT2D eigenvalue weighted by atomic mass is 16.3. The van der Waals surface area contributed by atoms with Gasteiger partial charge in [-0.25, -0.2) is 0 Å². The van der Waals surface area contributed by atoms with E-state index in [1.807, 2.05) is 37.3 Å². The van der Waals surface area contributed by atoms with Crippen molar-refractivity contribution in [2.24, 2.45) is 0 Å². The average Bonchev–Trinajstić information content (AvgIpc) is 2.57. The van der Waals surface area contributed by atoms with E-state index >= 15 is 0 Å².